The van der Waals surface area contributed by atoms with Crippen LogP contribution in [0.1, 0.15) is 21.9 Å². The van der Waals surface area contributed by atoms with Gasteiger partial charge in [0.05, 0.1) is 17.9 Å². The van der Waals surface area contributed by atoms with E-state index >= 15 is 0 Å². The van der Waals surface area contributed by atoms with E-state index in [0.717, 1.165) is 23.8 Å². The third-order valence-electron chi connectivity index (χ3n) is 3.92. The molecule has 0 aliphatic rings. The maximum Gasteiger partial charge on any atom is 0.435 e. The van der Waals surface area contributed by atoms with E-state index in [1.54, 1.807) is 6.07 Å². The fraction of sp³-hybridized carbons (Fsp3) is 0.211. The summed E-state index contributed by atoms with van der Waals surface area (Å²) in [6.45, 7) is 3.42. The molecular formula is C19H17ClF3N4O4SSi. The van der Waals surface area contributed by atoms with E-state index in [0.29, 0.717) is 6.20 Å². The number of hydrogen-bond acceptors (Lipinski definition) is 7. The Bertz CT molecular complexity index is 1190. The van der Waals surface area contributed by atoms with Gasteiger partial charge in [0.15, 0.2) is 15.5 Å². The van der Waals surface area contributed by atoms with Gasteiger partial charge in [-0.3, -0.25) is 4.79 Å². The number of alkyl halides is 3. The number of sulfone groups is 1. The molecule has 2 aromatic rings. The molecule has 0 aliphatic carbocycles. The quantitative estimate of drug-likeness (QED) is 0.279. The summed E-state index contributed by atoms with van der Waals surface area (Å²) in [6.07, 6.45) is -1.20. The van der Waals surface area contributed by atoms with E-state index in [2.05, 4.69) is 37.4 Å². The Morgan fingerprint density at radius 2 is 1.97 bits per heavy atom. The van der Waals surface area contributed by atoms with Gasteiger partial charge in [-0.25, -0.2) is 18.4 Å². The van der Waals surface area contributed by atoms with E-state index in [9.17, 15) is 31.5 Å². The summed E-state index contributed by atoms with van der Waals surface area (Å²) in [4.78, 5) is 19.3. The molecular weight excluding hydrogens is 501 g/mol. The molecule has 0 spiro atoms. The van der Waals surface area contributed by atoms with Crippen molar-refractivity contribution in [2.45, 2.75) is 17.6 Å². The van der Waals surface area contributed by atoms with Gasteiger partial charge in [0.25, 0.3) is 5.91 Å². The predicted molar refractivity (Wildman–Crippen MR) is 117 cm³/mol. The number of nitrogens with zero attached hydrogens (tertiary/aromatic N) is 2. The van der Waals surface area contributed by atoms with Crippen molar-refractivity contribution in [3.05, 3.63) is 76.7 Å². The number of anilines is 1. The molecule has 0 aliphatic heterocycles. The van der Waals surface area contributed by atoms with Crippen LogP contribution in [0.5, 0.6) is 0 Å². The molecule has 0 saturated heterocycles. The van der Waals surface area contributed by atoms with Crippen molar-refractivity contribution in [2.24, 2.45) is 0 Å². The number of aliphatic hydroxyl groups is 1. The fourth-order valence-electron chi connectivity index (χ4n) is 2.44. The zero-order valence-electron chi connectivity index (χ0n) is 16.9. The molecule has 0 unspecified atom stereocenters. The summed E-state index contributed by atoms with van der Waals surface area (Å²) in [5, 5.41) is 13.7. The van der Waals surface area contributed by atoms with Crippen molar-refractivity contribution >= 4 is 43.3 Å². The van der Waals surface area contributed by atoms with Crippen LogP contribution in [0.2, 0.25) is 5.02 Å². The van der Waals surface area contributed by atoms with Gasteiger partial charge in [0.2, 0.25) is 5.82 Å². The number of aromatic nitrogens is 2. The Kier molecular flexibility index (Phi) is 8.06. The Morgan fingerprint density at radius 1 is 1.33 bits per heavy atom. The summed E-state index contributed by atoms with van der Waals surface area (Å²) in [7, 11) is -0.556. The number of hydrogen-bond donors (Lipinski definition) is 3. The third-order valence-corrected chi connectivity index (χ3v) is 5.30. The average Bonchev–Trinajstić information content (AvgIpc) is 2.69. The highest BCUT2D eigenvalue weighted by atomic mass is 35.5. The lowest BCUT2D eigenvalue weighted by Gasteiger charge is -2.28. The molecule has 1 heterocycles. The highest BCUT2D eigenvalue weighted by Crippen LogP contribution is 2.35. The van der Waals surface area contributed by atoms with Crippen LogP contribution >= 0.6 is 11.6 Å². The standard InChI is InChI=1S/C19H17ClF3N4O4SSi/c1-3-11(8-9-32(2,30)31)25-17(28)16-24-10-14(15(26-16)18(21,22)23)27-19(29,33)12-6-4-5-7-13(12)20/h3-11,27,29H,1H2,2H3,(H,25,28)/b9-8+/t11-,19+/m1/s1. The monoisotopic (exact) mass is 517 g/mol. The minimum Gasteiger partial charge on any atom is -0.371 e. The smallest absolute Gasteiger partial charge is 0.371 e. The Labute approximate surface area is 195 Å². The lowest BCUT2D eigenvalue weighted by molar-refractivity contribution is -0.140. The summed E-state index contributed by atoms with van der Waals surface area (Å²) >= 11 is 6.00. The largest absolute Gasteiger partial charge is 0.435 e. The Morgan fingerprint density at radius 3 is 2.52 bits per heavy atom. The van der Waals surface area contributed by atoms with Crippen molar-refractivity contribution in [1.29, 1.82) is 0 Å². The van der Waals surface area contributed by atoms with Gasteiger partial charge in [-0.2, -0.15) is 13.2 Å². The number of amides is 1. The zero-order chi connectivity index (χ0) is 25.0. The summed E-state index contributed by atoms with van der Waals surface area (Å²) in [5.41, 5.74) is -2.26. The van der Waals surface area contributed by atoms with E-state index in [1.165, 1.54) is 18.2 Å². The molecule has 175 valence electrons. The highest BCUT2D eigenvalue weighted by molar-refractivity contribution is 7.93. The Hall–Kier alpha value is -2.74. The third kappa shape index (κ3) is 7.38. The van der Waals surface area contributed by atoms with Crippen LogP contribution in [0.4, 0.5) is 18.9 Å². The molecule has 1 amide bonds. The summed E-state index contributed by atoms with van der Waals surface area (Å²) in [6, 6.07) is 4.85. The SMILES string of the molecule is C=C[C@H](/C=C/S(C)(=O)=O)NC(=O)c1ncc(N[C@@](O)([Si])c2ccccc2Cl)c(C(F)(F)F)n1. The zero-order valence-corrected chi connectivity index (χ0v) is 19.5. The van der Waals surface area contributed by atoms with Gasteiger partial charge >= 0.3 is 6.18 Å². The first-order chi connectivity index (χ1) is 15.1. The molecule has 2 rings (SSSR count). The number of nitrogens with one attached hydrogen (secondary N) is 2. The van der Waals surface area contributed by atoms with Gasteiger partial charge in [-0.15, -0.1) is 6.58 Å². The number of benzene rings is 1. The topological polar surface area (TPSA) is 121 Å². The van der Waals surface area contributed by atoms with E-state index < -0.39 is 50.5 Å². The van der Waals surface area contributed by atoms with E-state index in [4.69, 9.17) is 11.6 Å². The van der Waals surface area contributed by atoms with E-state index in [-0.39, 0.29) is 10.6 Å². The first kappa shape index (κ1) is 26.5. The second-order valence-corrected chi connectivity index (χ2v) is 9.72. The maximum absolute atomic E-state index is 13.6. The van der Waals surface area contributed by atoms with Crippen molar-refractivity contribution in [3.63, 3.8) is 0 Å². The number of rotatable bonds is 8. The van der Waals surface area contributed by atoms with Gasteiger partial charge in [-0.1, -0.05) is 35.9 Å². The molecule has 1 aromatic carbocycles. The molecule has 3 radical (unpaired) electrons. The maximum atomic E-state index is 13.6. The van der Waals surface area contributed by atoms with Crippen LogP contribution < -0.4 is 10.6 Å². The minimum absolute atomic E-state index is 0.0183. The summed E-state index contributed by atoms with van der Waals surface area (Å²) in [5.74, 6) is -1.96. The van der Waals surface area contributed by atoms with Crippen molar-refractivity contribution in [1.82, 2.24) is 15.3 Å². The van der Waals surface area contributed by atoms with Crippen molar-refractivity contribution < 1.29 is 31.5 Å². The molecule has 8 nitrogen and oxygen atoms in total. The molecule has 3 N–H and O–H groups in total. The molecule has 0 fully saturated rings. The predicted octanol–water partition coefficient (Wildman–Crippen LogP) is 2.37. The molecule has 2 atom stereocenters. The molecule has 14 heteroatoms. The molecule has 0 saturated carbocycles. The van der Waals surface area contributed by atoms with Crippen LogP contribution in [0.3, 0.4) is 0 Å². The number of halogens is 4. The number of carbonyl (C=O) groups excluding carboxylic acids is 1. The first-order valence-electron chi connectivity index (χ1n) is 8.90. The normalized spacial score (nSPS) is 15.0. The van der Waals surface area contributed by atoms with Crippen LogP contribution in [-0.2, 0) is 21.4 Å². The van der Waals surface area contributed by atoms with Crippen LogP contribution in [0, 0.1) is 0 Å². The van der Waals surface area contributed by atoms with Crippen LogP contribution in [-0.4, -0.2) is 51.9 Å². The second kappa shape index (κ2) is 10.0. The van der Waals surface area contributed by atoms with Crippen molar-refractivity contribution in [3.8, 4) is 0 Å². The van der Waals surface area contributed by atoms with Gasteiger partial charge in [0.1, 0.15) is 15.6 Å². The lowest BCUT2D eigenvalue weighted by atomic mass is 10.1. The first-order valence-corrected chi connectivity index (χ1v) is 11.7. The fourth-order valence-corrected chi connectivity index (χ4v) is 3.60. The number of carbonyl (C=O) groups is 1. The van der Waals surface area contributed by atoms with Gasteiger partial charge in [-0.05, 0) is 12.1 Å². The summed E-state index contributed by atoms with van der Waals surface area (Å²) < 4.78 is 63.4. The lowest BCUT2D eigenvalue weighted by Crippen LogP contribution is -2.37. The van der Waals surface area contributed by atoms with Crippen molar-refractivity contribution in [2.75, 3.05) is 11.6 Å². The molecule has 0 bridgehead atoms. The van der Waals surface area contributed by atoms with Gasteiger partial charge < -0.3 is 15.7 Å². The second-order valence-electron chi connectivity index (χ2n) is 6.66. The Balaban J connectivity index is 2.38. The van der Waals surface area contributed by atoms with Crippen LogP contribution in [0.15, 0.2) is 54.6 Å². The van der Waals surface area contributed by atoms with Gasteiger partial charge in [0, 0.05) is 22.2 Å². The minimum atomic E-state index is -5.03. The van der Waals surface area contributed by atoms with E-state index in [1.807, 2.05) is 0 Å². The average molecular weight is 518 g/mol. The van der Waals surface area contributed by atoms with Crippen LogP contribution in [0.25, 0.3) is 0 Å². The molecule has 33 heavy (non-hydrogen) atoms. The molecule has 1 aromatic heterocycles. The highest BCUT2D eigenvalue weighted by Gasteiger charge is 2.39.